The van der Waals surface area contributed by atoms with Gasteiger partial charge in [-0.05, 0) is 12.1 Å². The van der Waals surface area contributed by atoms with Crippen LogP contribution < -0.4 is 29.3 Å². The number of benzene rings is 2. The maximum absolute atomic E-state index is 12.9. The fourth-order valence-corrected chi connectivity index (χ4v) is 3.56. The van der Waals surface area contributed by atoms with Gasteiger partial charge in [-0.1, -0.05) is 12.1 Å². The quantitative estimate of drug-likeness (QED) is 0.752. The molecule has 3 rings (SSSR count). The van der Waals surface area contributed by atoms with E-state index in [0.29, 0.717) is 28.6 Å². The number of ether oxygens (including phenoxy) is 3. The number of hydrogen-bond acceptors (Lipinski definition) is 6. The molecule has 1 atom stereocenters. The number of anilines is 3. The van der Waals surface area contributed by atoms with Crippen LogP contribution in [0.3, 0.4) is 0 Å². The number of methoxy groups -OCH3 is 3. The SMILES string of the molecule is COc1cc(N2CC(C(=O)Nc3ccccc3N(C)C)CC2=O)cc(OC)c1OC. The Hall–Kier alpha value is -3.42. The molecule has 1 aliphatic rings. The fraction of sp³-hybridized carbons (Fsp3) is 0.364. The van der Waals surface area contributed by atoms with Gasteiger partial charge in [-0.3, -0.25) is 9.59 Å². The van der Waals surface area contributed by atoms with Crippen LogP contribution in [0.4, 0.5) is 17.1 Å². The summed E-state index contributed by atoms with van der Waals surface area (Å²) in [5.74, 6) is 0.564. The van der Waals surface area contributed by atoms with Crippen molar-refractivity contribution in [1.82, 2.24) is 0 Å². The van der Waals surface area contributed by atoms with Crippen molar-refractivity contribution in [2.75, 3.05) is 57.1 Å². The van der Waals surface area contributed by atoms with Gasteiger partial charge in [0.2, 0.25) is 17.6 Å². The zero-order valence-electron chi connectivity index (χ0n) is 17.9. The maximum Gasteiger partial charge on any atom is 0.229 e. The first kappa shape index (κ1) is 21.3. The summed E-state index contributed by atoms with van der Waals surface area (Å²) in [5, 5.41) is 2.96. The van der Waals surface area contributed by atoms with E-state index in [2.05, 4.69) is 5.32 Å². The summed E-state index contributed by atoms with van der Waals surface area (Å²) in [6.07, 6.45) is 0.132. The van der Waals surface area contributed by atoms with Crippen LogP contribution in [0.25, 0.3) is 0 Å². The molecule has 0 spiro atoms. The van der Waals surface area contributed by atoms with Crippen molar-refractivity contribution < 1.29 is 23.8 Å². The standard InChI is InChI=1S/C22H27N3O5/c1-24(2)17-9-7-6-8-16(17)23-22(27)14-10-20(26)25(13-14)15-11-18(28-3)21(30-5)19(12-15)29-4/h6-9,11-12,14H,10,13H2,1-5H3,(H,23,27). The predicted octanol–water partition coefficient (Wildman–Crippen LogP) is 2.77. The normalized spacial score (nSPS) is 15.7. The molecule has 8 nitrogen and oxygen atoms in total. The van der Waals surface area contributed by atoms with Crippen molar-refractivity contribution >= 4 is 28.9 Å². The smallest absolute Gasteiger partial charge is 0.229 e. The number of carbonyl (C=O) groups is 2. The van der Waals surface area contributed by atoms with Gasteiger partial charge in [-0.2, -0.15) is 0 Å². The lowest BCUT2D eigenvalue weighted by atomic mass is 10.1. The van der Waals surface area contributed by atoms with Crippen LogP contribution in [0.1, 0.15) is 6.42 Å². The third-order valence-corrected chi connectivity index (χ3v) is 5.10. The highest BCUT2D eigenvalue weighted by Gasteiger charge is 2.36. The zero-order valence-corrected chi connectivity index (χ0v) is 17.9. The average Bonchev–Trinajstić information content (AvgIpc) is 3.14. The minimum atomic E-state index is -0.466. The Kier molecular flexibility index (Phi) is 6.34. The first-order valence-electron chi connectivity index (χ1n) is 9.57. The predicted molar refractivity (Wildman–Crippen MR) is 116 cm³/mol. The molecule has 0 aromatic heterocycles. The summed E-state index contributed by atoms with van der Waals surface area (Å²) in [6, 6.07) is 11.0. The van der Waals surface area contributed by atoms with Gasteiger partial charge in [0.05, 0.1) is 44.3 Å². The Labute approximate surface area is 176 Å². The fourth-order valence-electron chi connectivity index (χ4n) is 3.56. The molecule has 0 bridgehead atoms. The number of nitrogens with zero attached hydrogens (tertiary/aromatic N) is 2. The van der Waals surface area contributed by atoms with Crippen LogP contribution >= 0.6 is 0 Å². The highest BCUT2D eigenvalue weighted by atomic mass is 16.5. The van der Waals surface area contributed by atoms with Crippen LogP contribution in [-0.2, 0) is 9.59 Å². The van der Waals surface area contributed by atoms with Crippen LogP contribution in [0, 0.1) is 5.92 Å². The monoisotopic (exact) mass is 413 g/mol. The summed E-state index contributed by atoms with van der Waals surface area (Å²) in [7, 11) is 8.39. The number of amides is 2. The summed E-state index contributed by atoms with van der Waals surface area (Å²) < 4.78 is 16.1. The molecule has 1 heterocycles. The average molecular weight is 413 g/mol. The molecule has 1 unspecified atom stereocenters. The number of hydrogen-bond donors (Lipinski definition) is 1. The van der Waals surface area contributed by atoms with Gasteiger partial charge in [0, 0.05) is 39.2 Å². The van der Waals surface area contributed by atoms with E-state index in [-0.39, 0.29) is 24.8 Å². The highest BCUT2D eigenvalue weighted by Crippen LogP contribution is 2.42. The Morgan fingerprint density at radius 3 is 2.27 bits per heavy atom. The third kappa shape index (κ3) is 4.12. The summed E-state index contributed by atoms with van der Waals surface area (Å²) >= 11 is 0. The van der Waals surface area contributed by atoms with E-state index in [1.165, 1.54) is 21.3 Å². The number of para-hydroxylation sites is 2. The second kappa shape index (κ2) is 8.94. The van der Waals surface area contributed by atoms with E-state index in [1.807, 2.05) is 43.3 Å². The first-order chi connectivity index (χ1) is 14.4. The van der Waals surface area contributed by atoms with E-state index in [9.17, 15) is 9.59 Å². The number of carbonyl (C=O) groups excluding carboxylic acids is 2. The van der Waals surface area contributed by atoms with Crippen LogP contribution in [0.2, 0.25) is 0 Å². The van der Waals surface area contributed by atoms with Gasteiger partial charge in [-0.25, -0.2) is 0 Å². The van der Waals surface area contributed by atoms with Gasteiger partial charge in [-0.15, -0.1) is 0 Å². The first-order valence-corrected chi connectivity index (χ1v) is 9.57. The van der Waals surface area contributed by atoms with Gasteiger partial charge in [0.15, 0.2) is 11.5 Å². The molecule has 2 amide bonds. The largest absolute Gasteiger partial charge is 0.493 e. The van der Waals surface area contributed by atoms with Gasteiger partial charge in [0.25, 0.3) is 0 Å². The molecule has 1 aliphatic heterocycles. The molecular weight excluding hydrogens is 386 g/mol. The Morgan fingerprint density at radius 2 is 1.70 bits per heavy atom. The number of rotatable bonds is 7. The van der Waals surface area contributed by atoms with Crippen molar-refractivity contribution in [3.05, 3.63) is 36.4 Å². The summed E-state index contributed by atoms with van der Waals surface area (Å²) in [4.78, 5) is 29.1. The summed E-state index contributed by atoms with van der Waals surface area (Å²) in [6.45, 7) is 0.271. The van der Waals surface area contributed by atoms with E-state index in [4.69, 9.17) is 14.2 Å². The molecule has 30 heavy (non-hydrogen) atoms. The molecule has 0 aliphatic carbocycles. The minimum absolute atomic E-state index is 0.132. The molecule has 1 N–H and O–H groups in total. The molecule has 1 fully saturated rings. The molecule has 160 valence electrons. The lowest BCUT2D eigenvalue weighted by Crippen LogP contribution is -2.28. The van der Waals surface area contributed by atoms with E-state index >= 15 is 0 Å². The minimum Gasteiger partial charge on any atom is -0.493 e. The van der Waals surface area contributed by atoms with Crippen molar-refractivity contribution in [1.29, 1.82) is 0 Å². The molecule has 0 saturated carbocycles. The third-order valence-electron chi connectivity index (χ3n) is 5.10. The lowest BCUT2D eigenvalue weighted by molar-refractivity contribution is -0.122. The van der Waals surface area contributed by atoms with Crippen molar-refractivity contribution in [3.63, 3.8) is 0 Å². The Bertz CT molecular complexity index is 919. The highest BCUT2D eigenvalue weighted by molar-refractivity contribution is 6.04. The lowest BCUT2D eigenvalue weighted by Gasteiger charge is -2.21. The molecular formula is C22H27N3O5. The van der Waals surface area contributed by atoms with E-state index in [0.717, 1.165) is 5.69 Å². The molecule has 2 aromatic carbocycles. The van der Waals surface area contributed by atoms with Gasteiger partial charge < -0.3 is 29.3 Å². The Balaban J connectivity index is 1.81. The van der Waals surface area contributed by atoms with Crippen molar-refractivity contribution in [2.45, 2.75) is 6.42 Å². The Morgan fingerprint density at radius 1 is 1.07 bits per heavy atom. The van der Waals surface area contributed by atoms with Crippen LogP contribution in [-0.4, -0.2) is 53.8 Å². The second-order valence-electron chi connectivity index (χ2n) is 7.19. The maximum atomic E-state index is 12.9. The zero-order chi connectivity index (χ0) is 21.8. The van der Waals surface area contributed by atoms with Crippen molar-refractivity contribution in [2.24, 2.45) is 5.92 Å². The molecule has 8 heteroatoms. The van der Waals surface area contributed by atoms with Gasteiger partial charge in [0.1, 0.15) is 0 Å². The second-order valence-corrected chi connectivity index (χ2v) is 7.19. The number of nitrogens with one attached hydrogen (secondary N) is 1. The van der Waals surface area contributed by atoms with Gasteiger partial charge >= 0.3 is 0 Å². The topological polar surface area (TPSA) is 80.3 Å². The molecule has 2 aromatic rings. The van der Waals surface area contributed by atoms with E-state index in [1.54, 1.807) is 17.0 Å². The molecule has 1 saturated heterocycles. The molecule has 0 radical (unpaired) electrons. The van der Waals surface area contributed by atoms with Crippen LogP contribution in [0.5, 0.6) is 17.2 Å². The van der Waals surface area contributed by atoms with Crippen LogP contribution in [0.15, 0.2) is 36.4 Å². The van der Waals surface area contributed by atoms with E-state index < -0.39 is 5.92 Å². The van der Waals surface area contributed by atoms with Crippen molar-refractivity contribution in [3.8, 4) is 17.2 Å². The summed E-state index contributed by atoms with van der Waals surface area (Å²) in [5.41, 5.74) is 2.21.